The lowest BCUT2D eigenvalue weighted by molar-refractivity contribution is 0.415. The minimum absolute atomic E-state index is 0. The predicted octanol–water partition coefficient (Wildman–Crippen LogP) is 4.09. The molecular formula is C22H25N7O3. The maximum absolute atomic E-state index is 13.2. The first-order valence-corrected chi connectivity index (χ1v) is 9.89. The number of anilines is 1. The molecule has 5 aromatic rings. The maximum Gasteiger partial charge on any atom is 0.261 e. The molecule has 1 aromatic carbocycles. The van der Waals surface area contributed by atoms with E-state index >= 15 is 0 Å². The molecule has 0 aliphatic heterocycles. The van der Waals surface area contributed by atoms with E-state index in [-0.39, 0.29) is 19.0 Å². The molecule has 0 fully saturated rings. The Morgan fingerprint density at radius 1 is 1.28 bits per heavy atom. The number of ether oxygens (including phenoxy) is 1. The number of methoxy groups -OCH3 is 1. The SMILES string of the molecule is C.CCn1cc2[nH]c(=O)c(-c3nc4ccc(OC)cc4[nH]3)c(N[C@@H](C)c3cocn3)c2n1. The first kappa shape index (κ1) is 21.2. The molecule has 10 nitrogen and oxygen atoms in total. The van der Waals surface area contributed by atoms with Crippen molar-refractivity contribution in [2.24, 2.45) is 0 Å². The molecule has 4 heterocycles. The molecule has 4 aromatic heterocycles. The number of aromatic nitrogens is 6. The van der Waals surface area contributed by atoms with Crippen LogP contribution < -0.4 is 15.6 Å². The Kier molecular flexibility index (Phi) is 5.43. The van der Waals surface area contributed by atoms with Crippen LogP contribution in [0.5, 0.6) is 5.75 Å². The summed E-state index contributed by atoms with van der Waals surface area (Å²) in [6.07, 6.45) is 4.76. The average molecular weight is 435 g/mol. The summed E-state index contributed by atoms with van der Waals surface area (Å²) in [7, 11) is 1.61. The van der Waals surface area contributed by atoms with Gasteiger partial charge < -0.3 is 24.4 Å². The van der Waals surface area contributed by atoms with Gasteiger partial charge in [-0.25, -0.2) is 9.97 Å². The second kappa shape index (κ2) is 8.22. The van der Waals surface area contributed by atoms with Gasteiger partial charge >= 0.3 is 0 Å². The largest absolute Gasteiger partial charge is 0.497 e. The van der Waals surface area contributed by atoms with Crippen molar-refractivity contribution in [1.29, 1.82) is 0 Å². The monoisotopic (exact) mass is 435 g/mol. The number of pyridine rings is 1. The Morgan fingerprint density at radius 3 is 2.84 bits per heavy atom. The summed E-state index contributed by atoms with van der Waals surface area (Å²) in [6.45, 7) is 4.60. The van der Waals surface area contributed by atoms with Crippen molar-refractivity contribution in [2.75, 3.05) is 12.4 Å². The van der Waals surface area contributed by atoms with Gasteiger partial charge in [-0.1, -0.05) is 7.43 Å². The molecule has 0 aliphatic carbocycles. The van der Waals surface area contributed by atoms with E-state index in [1.165, 1.54) is 6.39 Å². The Bertz CT molecular complexity index is 1430. The van der Waals surface area contributed by atoms with Crippen LogP contribution in [-0.4, -0.2) is 36.8 Å². The summed E-state index contributed by atoms with van der Waals surface area (Å²) in [5, 5.41) is 8.05. The number of nitrogens with one attached hydrogen (secondary N) is 3. The van der Waals surface area contributed by atoms with Crippen LogP contribution in [0.3, 0.4) is 0 Å². The molecule has 10 heteroatoms. The minimum atomic E-state index is -0.274. The molecule has 0 spiro atoms. The Hall–Kier alpha value is -4.08. The third kappa shape index (κ3) is 3.49. The van der Waals surface area contributed by atoms with Crippen LogP contribution in [0.15, 0.2) is 46.3 Å². The number of aromatic amines is 2. The Labute approximate surface area is 183 Å². The van der Waals surface area contributed by atoms with E-state index in [4.69, 9.17) is 9.15 Å². The molecule has 5 rings (SSSR count). The molecule has 166 valence electrons. The number of benzene rings is 1. The number of H-pyrrole nitrogens is 2. The average Bonchev–Trinajstić information content (AvgIpc) is 3.51. The van der Waals surface area contributed by atoms with Crippen LogP contribution in [0.25, 0.3) is 33.5 Å². The highest BCUT2D eigenvalue weighted by Crippen LogP contribution is 2.33. The van der Waals surface area contributed by atoms with Gasteiger partial charge in [0.25, 0.3) is 5.56 Å². The number of rotatable bonds is 6. The molecule has 32 heavy (non-hydrogen) atoms. The zero-order valence-corrected chi connectivity index (χ0v) is 17.3. The Morgan fingerprint density at radius 2 is 2.12 bits per heavy atom. The van der Waals surface area contributed by atoms with Crippen LogP contribution in [0, 0.1) is 0 Å². The zero-order valence-electron chi connectivity index (χ0n) is 17.3. The van der Waals surface area contributed by atoms with E-state index in [9.17, 15) is 4.79 Å². The number of hydrogen-bond acceptors (Lipinski definition) is 7. The summed E-state index contributed by atoms with van der Waals surface area (Å²) < 4.78 is 12.2. The van der Waals surface area contributed by atoms with Crippen LogP contribution >= 0.6 is 0 Å². The highest BCUT2D eigenvalue weighted by molar-refractivity contribution is 5.96. The number of nitrogens with zero attached hydrogens (tertiary/aromatic N) is 4. The third-order valence-corrected chi connectivity index (χ3v) is 5.23. The van der Waals surface area contributed by atoms with E-state index in [0.717, 1.165) is 11.0 Å². The third-order valence-electron chi connectivity index (χ3n) is 5.23. The van der Waals surface area contributed by atoms with Gasteiger partial charge in [-0.2, -0.15) is 5.10 Å². The lowest BCUT2D eigenvalue weighted by Gasteiger charge is -2.15. The van der Waals surface area contributed by atoms with Gasteiger partial charge in [0.05, 0.1) is 35.4 Å². The van der Waals surface area contributed by atoms with E-state index < -0.39 is 0 Å². The van der Waals surface area contributed by atoms with Crippen LogP contribution in [-0.2, 0) is 6.54 Å². The normalized spacial score (nSPS) is 12.1. The number of aryl methyl sites for hydroxylation is 1. The van der Waals surface area contributed by atoms with E-state index in [2.05, 4.69) is 30.4 Å². The molecule has 0 bridgehead atoms. The van der Waals surface area contributed by atoms with Crippen LogP contribution in [0.2, 0.25) is 0 Å². The lowest BCUT2D eigenvalue weighted by Crippen LogP contribution is -2.16. The lowest BCUT2D eigenvalue weighted by atomic mass is 10.1. The summed E-state index contributed by atoms with van der Waals surface area (Å²) in [4.78, 5) is 28.2. The second-order valence-electron chi connectivity index (χ2n) is 7.20. The molecule has 0 aliphatic rings. The van der Waals surface area contributed by atoms with E-state index in [0.29, 0.717) is 46.1 Å². The molecule has 0 radical (unpaired) electrons. The van der Waals surface area contributed by atoms with Gasteiger partial charge in [-0.05, 0) is 26.0 Å². The summed E-state index contributed by atoms with van der Waals surface area (Å²) in [6, 6.07) is 5.29. The van der Waals surface area contributed by atoms with Gasteiger partial charge in [0.2, 0.25) is 0 Å². The number of fused-ring (bicyclic) bond motifs is 2. The fourth-order valence-corrected chi connectivity index (χ4v) is 3.60. The first-order chi connectivity index (χ1) is 15.1. The first-order valence-electron chi connectivity index (χ1n) is 9.89. The molecule has 0 saturated carbocycles. The molecule has 0 saturated heterocycles. The highest BCUT2D eigenvalue weighted by Gasteiger charge is 2.22. The summed E-state index contributed by atoms with van der Waals surface area (Å²) in [5.41, 5.74) is 4.17. The number of hydrogen-bond donors (Lipinski definition) is 3. The maximum atomic E-state index is 13.2. The quantitative estimate of drug-likeness (QED) is 0.366. The predicted molar refractivity (Wildman–Crippen MR) is 123 cm³/mol. The zero-order chi connectivity index (χ0) is 21.5. The minimum Gasteiger partial charge on any atom is -0.497 e. The Balaban J connectivity index is 0.00000245. The second-order valence-corrected chi connectivity index (χ2v) is 7.20. The van der Waals surface area contributed by atoms with Gasteiger partial charge in [0, 0.05) is 18.8 Å². The van der Waals surface area contributed by atoms with Gasteiger partial charge in [-0.15, -0.1) is 0 Å². The molecule has 0 unspecified atom stereocenters. The summed E-state index contributed by atoms with van der Waals surface area (Å²) in [5.74, 6) is 1.14. The summed E-state index contributed by atoms with van der Waals surface area (Å²) >= 11 is 0. The standard InChI is InChI=1S/C21H21N7O3.CH4/c1-4-28-8-15-18(27-28)19(23-11(2)16-9-31-10-22-16)17(21(29)26-15)20-24-13-6-5-12(30-3)7-14(13)25-20;/h5-11,23H,4H2,1-3H3,(H,24,25)(H,26,29);1H4/t11-;/m0./s1. The fourth-order valence-electron chi connectivity index (χ4n) is 3.60. The van der Waals surface area contributed by atoms with Crippen LogP contribution in [0.4, 0.5) is 5.69 Å². The topological polar surface area (TPSA) is 127 Å². The van der Waals surface area contributed by atoms with Gasteiger partial charge in [-0.3, -0.25) is 9.48 Å². The van der Waals surface area contributed by atoms with Gasteiger partial charge in [0.1, 0.15) is 34.6 Å². The van der Waals surface area contributed by atoms with Crippen molar-refractivity contribution in [3.05, 3.63) is 53.1 Å². The van der Waals surface area contributed by atoms with Crippen molar-refractivity contribution in [1.82, 2.24) is 29.7 Å². The van der Waals surface area contributed by atoms with E-state index in [1.807, 2.05) is 38.2 Å². The van der Waals surface area contributed by atoms with Crippen molar-refractivity contribution >= 4 is 27.8 Å². The highest BCUT2D eigenvalue weighted by atomic mass is 16.5. The molecule has 3 N–H and O–H groups in total. The number of oxazole rings is 1. The molecule has 0 amide bonds. The van der Waals surface area contributed by atoms with Crippen molar-refractivity contribution in [2.45, 2.75) is 33.9 Å². The number of imidazole rings is 1. The van der Waals surface area contributed by atoms with Crippen molar-refractivity contribution in [3.8, 4) is 17.1 Å². The fraction of sp³-hybridized carbons (Fsp3) is 0.273. The van der Waals surface area contributed by atoms with Crippen molar-refractivity contribution in [3.63, 3.8) is 0 Å². The van der Waals surface area contributed by atoms with Crippen molar-refractivity contribution < 1.29 is 9.15 Å². The smallest absolute Gasteiger partial charge is 0.261 e. The molecule has 1 atom stereocenters. The van der Waals surface area contributed by atoms with Gasteiger partial charge in [0.15, 0.2) is 6.39 Å². The van der Waals surface area contributed by atoms with Crippen LogP contribution in [0.1, 0.15) is 33.0 Å². The molecular weight excluding hydrogens is 410 g/mol. The van der Waals surface area contributed by atoms with E-state index in [1.54, 1.807) is 18.1 Å².